The summed E-state index contributed by atoms with van der Waals surface area (Å²) in [5.41, 5.74) is 0. The van der Waals surface area contributed by atoms with Gasteiger partial charge in [-0.3, -0.25) is 4.79 Å². The first-order valence-electron chi connectivity index (χ1n) is 7.73. The second-order valence-electron chi connectivity index (χ2n) is 6.54. The van der Waals surface area contributed by atoms with Gasteiger partial charge in [0, 0.05) is 25.6 Å². The van der Waals surface area contributed by atoms with Gasteiger partial charge in [0.05, 0.1) is 0 Å². The molecule has 2 saturated heterocycles. The average Bonchev–Trinajstić information content (AvgIpc) is 2.40. The Morgan fingerprint density at radius 1 is 1.32 bits per heavy atom. The maximum Gasteiger partial charge on any atom is 0.225 e. The molecule has 2 atom stereocenters. The summed E-state index contributed by atoms with van der Waals surface area (Å²) in [4.78, 5) is 16.8. The number of carbonyl (C=O) groups excluding carboxylic acids is 1. The summed E-state index contributed by atoms with van der Waals surface area (Å²) in [5.74, 6) is 1.31. The number of rotatable bonds is 3. The van der Waals surface area contributed by atoms with Crippen molar-refractivity contribution >= 4 is 5.91 Å². The van der Waals surface area contributed by atoms with Crippen molar-refractivity contribution in [3.05, 3.63) is 0 Å². The van der Waals surface area contributed by atoms with Gasteiger partial charge >= 0.3 is 0 Å². The highest BCUT2D eigenvalue weighted by molar-refractivity contribution is 5.78. The van der Waals surface area contributed by atoms with Crippen LogP contribution in [0.2, 0.25) is 0 Å². The van der Waals surface area contributed by atoms with Gasteiger partial charge in [0.1, 0.15) is 0 Å². The smallest absolute Gasteiger partial charge is 0.225 e. The molecule has 19 heavy (non-hydrogen) atoms. The predicted octanol–water partition coefficient (Wildman–Crippen LogP) is 1.17. The molecule has 2 aliphatic rings. The van der Waals surface area contributed by atoms with Crippen molar-refractivity contribution in [2.24, 2.45) is 11.8 Å². The summed E-state index contributed by atoms with van der Waals surface area (Å²) >= 11 is 0. The zero-order valence-corrected chi connectivity index (χ0v) is 12.7. The fraction of sp³-hybridized carbons (Fsp3) is 0.933. The van der Waals surface area contributed by atoms with Crippen molar-refractivity contribution in [3.8, 4) is 0 Å². The van der Waals surface area contributed by atoms with Gasteiger partial charge in [-0.25, -0.2) is 0 Å². The van der Waals surface area contributed by atoms with Crippen LogP contribution in [0.3, 0.4) is 0 Å². The minimum Gasteiger partial charge on any atom is -0.345 e. The van der Waals surface area contributed by atoms with Gasteiger partial charge in [-0.2, -0.15) is 0 Å². The van der Waals surface area contributed by atoms with Gasteiger partial charge in [0.15, 0.2) is 0 Å². The number of amides is 1. The van der Waals surface area contributed by atoms with E-state index >= 15 is 0 Å². The molecule has 0 aliphatic carbocycles. The third-order valence-electron chi connectivity index (χ3n) is 4.72. The Kier molecular flexibility index (Phi) is 5.22. The fourth-order valence-electron chi connectivity index (χ4n) is 3.39. The molecule has 2 rings (SSSR count). The van der Waals surface area contributed by atoms with Gasteiger partial charge in [-0.05, 0) is 65.2 Å². The van der Waals surface area contributed by atoms with E-state index in [1.165, 1.54) is 25.9 Å². The van der Waals surface area contributed by atoms with Crippen molar-refractivity contribution in [1.29, 1.82) is 0 Å². The lowest BCUT2D eigenvalue weighted by Gasteiger charge is -2.34. The Balaban J connectivity index is 1.78. The first-order chi connectivity index (χ1) is 9.06. The molecular formula is C15H29N3O. The summed E-state index contributed by atoms with van der Waals surface area (Å²) < 4.78 is 0. The SMILES string of the molecule is CC1CC(C(=O)N(C)CC2CCN(C)CC2)CCN1. The molecule has 0 aromatic carbocycles. The Morgan fingerprint density at radius 3 is 2.63 bits per heavy atom. The summed E-state index contributed by atoms with van der Waals surface area (Å²) in [5, 5.41) is 3.42. The molecule has 2 fully saturated rings. The average molecular weight is 267 g/mol. The summed E-state index contributed by atoms with van der Waals surface area (Å²) in [6, 6.07) is 0.486. The lowest BCUT2D eigenvalue weighted by atomic mass is 9.91. The van der Waals surface area contributed by atoms with E-state index in [0.29, 0.717) is 17.9 Å². The van der Waals surface area contributed by atoms with E-state index in [2.05, 4.69) is 24.2 Å². The van der Waals surface area contributed by atoms with Crippen LogP contribution >= 0.6 is 0 Å². The third-order valence-corrected chi connectivity index (χ3v) is 4.72. The lowest BCUT2D eigenvalue weighted by Crippen LogP contribution is -2.45. The van der Waals surface area contributed by atoms with Crippen LogP contribution in [-0.4, -0.2) is 62.0 Å². The molecule has 1 N–H and O–H groups in total. The van der Waals surface area contributed by atoms with E-state index in [1.54, 1.807) is 0 Å². The summed E-state index contributed by atoms with van der Waals surface area (Å²) in [6.45, 7) is 6.47. The van der Waals surface area contributed by atoms with Crippen LogP contribution in [0.25, 0.3) is 0 Å². The van der Waals surface area contributed by atoms with Crippen LogP contribution in [0.1, 0.15) is 32.6 Å². The molecule has 0 bridgehead atoms. The molecule has 0 radical (unpaired) electrons. The second-order valence-corrected chi connectivity index (χ2v) is 6.54. The van der Waals surface area contributed by atoms with Crippen LogP contribution in [0.4, 0.5) is 0 Å². The molecule has 2 heterocycles. The zero-order valence-electron chi connectivity index (χ0n) is 12.7. The van der Waals surface area contributed by atoms with Crippen molar-refractivity contribution in [2.75, 3.05) is 40.3 Å². The molecular weight excluding hydrogens is 238 g/mol. The molecule has 4 heteroatoms. The standard InChI is InChI=1S/C15H29N3O/c1-12-10-14(4-7-16-12)15(19)18(3)11-13-5-8-17(2)9-6-13/h12-14,16H,4-11H2,1-3H3. The van der Waals surface area contributed by atoms with E-state index < -0.39 is 0 Å². The number of hydrogen-bond donors (Lipinski definition) is 1. The molecule has 4 nitrogen and oxygen atoms in total. The van der Waals surface area contributed by atoms with Gasteiger partial charge < -0.3 is 15.1 Å². The Labute approximate surface area is 117 Å². The molecule has 0 aromatic rings. The number of carbonyl (C=O) groups is 1. The number of likely N-dealkylation sites (tertiary alicyclic amines) is 1. The van der Waals surface area contributed by atoms with Crippen LogP contribution in [0.5, 0.6) is 0 Å². The van der Waals surface area contributed by atoms with Crippen LogP contribution in [-0.2, 0) is 4.79 Å². The first-order valence-corrected chi connectivity index (χ1v) is 7.73. The van der Waals surface area contributed by atoms with Crippen molar-refractivity contribution in [3.63, 3.8) is 0 Å². The Hall–Kier alpha value is -0.610. The second kappa shape index (κ2) is 6.71. The lowest BCUT2D eigenvalue weighted by molar-refractivity contribution is -0.136. The first kappa shape index (κ1) is 14.8. The summed E-state index contributed by atoms with van der Waals surface area (Å²) in [7, 11) is 4.18. The van der Waals surface area contributed by atoms with Gasteiger partial charge in [0.25, 0.3) is 0 Å². The third kappa shape index (κ3) is 4.18. The van der Waals surface area contributed by atoms with Gasteiger partial charge in [-0.15, -0.1) is 0 Å². The quantitative estimate of drug-likeness (QED) is 0.834. The van der Waals surface area contributed by atoms with Gasteiger partial charge in [-0.1, -0.05) is 0 Å². The van der Waals surface area contributed by atoms with E-state index in [9.17, 15) is 4.79 Å². The number of hydrogen-bond acceptors (Lipinski definition) is 3. The molecule has 2 unspecified atom stereocenters. The highest BCUT2D eigenvalue weighted by Gasteiger charge is 2.28. The summed E-state index contributed by atoms with van der Waals surface area (Å²) in [6.07, 6.45) is 4.46. The monoisotopic (exact) mass is 267 g/mol. The van der Waals surface area contributed by atoms with Crippen molar-refractivity contribution < 1.29 is 4.79 Å². The van der Waals surface area contributed by atoms with Crippen LogP contribution in [0.15, 0.2) is 0 Å². The van der Waals surface area contributed by atoms with E-state index in [0.717, 1.165) is 25.9 Å². The number of piperidine rings is 2. The molecule has 2 aliphatic heterocycles. The number of nitrogens with zero attached hydrogens (tertiary/aromatic N) is 2. The van der Waals surface area contributed by atoms with Crippen molar-refractivity contribution in [1.82, 2.24) is 15.1 Å². The van der Waals surface area contributed by atoms with Crippen LogP contribution < -0.4 is 5.32 Å². The van der Waals surface area contributed by atoms with Crippen molar-refractivity contribution in [2.45, 2.75) is 38.6 Å². The molecule has 0 aromatic heterocycles. The van der Waals surface area contributed by atoms with Gasteiger partial charge in [0.2, 0.25) is 5.91 Å². The minimum atomic E-state index is 0.243. The maximum atomic E-state index is 12.5. The topological polar surface area (TPSA) is 35.6 Å². The largest absolute Gasteiger partial charge is 0.345 e. The molecule has 0 spiro atoms. The minimum absolute atomic E-state index is 0.243. The number of nitrogens with one attached hydrogen (secondary N) is 1. The normalized spacial score (nSPS) is 30.3. The molecule has 1 amide bonds. The van der Waals surface area contributed by atoms with E-state index in [4.69, 9.17) is 0 Å². The van der Waals surface area contributed by atoms with E-state index in [1.807, 2.05) is 11.9 Å². The zero-order chi connectivity index (χ0) is 13.8. The maximum absolute atomic E-state index is 12.5. The molecule has 0 saturated carbocycles. The highest BCUT2D eigenvalue weighted by atomic mass is 16.2. The predicted molar refractivity (Wildman–Crippen MR) is 78.0 cm³/mol. The Bertz CT molecular complexity index is 300. The molecule has 110 valence electrons. The van der Waals surface area contributed by atoms with Crippen LogP contribution in [0, 0.1) is 11.8 Å². The fourth-order valence-corrected chi connectivity index (χ4v) is 3.39. The van der Waals surface area contributed by atoms with E-state index in [-0.39, 0.29) is 5.92 Å². The highest BCUT2D eigenvalue weighted by Crippen LogP contribution is 2.21. The Morgan fingerprint density at radius 2 is 2.00 bits per heavy atom.